The highest BCUT2D eigenvalue weighted by Gasteiger charge is 2.08. The molecule has 2 atom stereocenters. The maximum absolute atomic E-state index is 3.92. The molecular weight excluding hydrogens is 300 g/mol. The van der Waals surface area contributed by atoms with E-state index in [1.165, 1.54) is 36.0 Å². The number of hydrogen-bond donors (Lipinski definition) is 0. The van der Waals surface area contributed by atoms with Crippen molar-refractivity contribution in [2.24, 2.45) is 11.8 Å². The molecule has 0 spiro atoms. The molecule has 0 rings (SSSR count). The average Bonchev–Trinajstić information content (AvgIpc) is 2.53. The van der Waals surface area contributed by atoms with Crippen LogP contribution in [0.1, 0.15) is 87.0 Å². The Bertz CT molecular complexity index is 488. The highest BCUT2D eigenvalue weighted by atomic mass is 14.1. The number of rotatable bonds is 12. The first-order valence-electron chi connectivity index (χ1n) is 10.00. The Labute approximate surface area is 158 Å². The summed E-state index contributed by atoms with van der Waals surface area (Å²) in [7, 11) is 0. The van der Waals surface area contributed by atoms with Crippen molar-refractivity contribution in [1.82, 2.24) is 0 Å². The van der Waals surface area contributed by atoms with Gasteiger partial charge in [0.05, 0.1) is 0 Å². The highest BCUT2D eigenvalue weighted by molar-refractivity contribution is 5.15. The minimum atomic E-state index is 0.558. The van der Waals surface area contributed by atoms with E-state index in [0.717, 1.165) is 19.3 Å². The van der Waals surface area contributed by atoms with Crippen LogP contribution in [0.4, 0.5) is 0 Å². The first kappa shape index (κ1) is 23.7. The largest absolute Gasteiger partial charge is 0.103 e. The van der Waals surface area contributed by atoms with Gasteiger partial charge in [-0.15, -0.1) is 6.58 Å². The van der Waals surface area contributed by atoms with Gasteiger partial charge in [0.2, 0.25) is 0 Å². The SMILES string of the molecule is C=CC(C)C/C=C(\C/C=C(/C)CCC=C(C)C)C(C)CCC=C(C)C. The van der Waals surface area contributed by atoms with Crippen molar-refractivity contribution in [3.05, 3.63) is 59.3 Å². The summed E-state index contributed by atoms with van der Waals surface area (Å²) in [4.78, 5) is 0. The molecule has 0 aliphatic carbocycles. The predicted octanol–water partition coefficient (Wildman–Crippen LogP) is 8.59. The van der Waals surface area contributed by atoms with Crippen LogP contribution in [0.25, 0.3) is 0 Å². The van der Waals surface area contributed by atoms with Gasteiger partial charge in [-0.3, -0.25) is 0 Å². The molecule has 0 bridgehead atoms. The van der Waals surface area contributed by atoms with Crippen molar-refractivity contribution in [3.8, 4) is 0 Å². The molecule has 0 heteroatoms. The van der Waals surface area contributed by atoms with Gasteiger partial charge in [-0.2, -0.15) is 0 Å². The van der Waals surface area contributed by atoms with Crippen molar-refractivity contribution in [1.29, 1.82) is 0 Å². The van der Waals surface area contributed by atoms with Gasteiger partial charge < -0.3 is 0 Å². The lowest BCUT2D eigenvalue weighted by molar-refractivity contribution is 0.600. The fourth-order valence-corrected chi connectivity index (χ4v) is 2.71. The maximum Gasteiger partial charge on any atom is -0.0134 e. The molecule has 0 radical (unpaired) electrons. The summed E-state index contributed by atoms with van der Waals surface area (Å²) in [6, 6.07) is 0. The van der Waals surface area contributed by atoms with E-state index in [2.05, 4.69) is 85.4 Å². The topological polar surface area (TPSA) is 0 Å². The van der Waals surface area contributed by atoms with Gasteiger partial charge in [0.25, 0.3) is 0 Å². The Morgan fingerprint density at radius 2 is 1.44 bits per heavy atom. The zero-order chi connectivity index (χ0) is 19.2. The molecule has 2 unspecified atom stereocenters. The lowest BCUT2D eigenvalue weighted by Gasteiger charge is -2.16. The van der Waals surface area contributed by atoms with E-state index in [0.29, 0.717) is 11.8 Å². The van der Waals surface area contributed by atoms with Crippen LogP contribution in [-0.4, -0.2) is 0 Å². The fraction of sp³-hybridized carbons (Fsp3) is 0.600. The predicted molar refractivity (Wildman–Crippen MR) is 117 cm³/mol. The van der Waals surface area contributed by atoms with E-state index in [9.17, 15) is 0 Å². The summed E-state index contributed by atoms with van der Waals surface area (Å²) in [5, 5.41) is 0. The molecule has 0 saturated carbocycles. The Balaban J connectivity index is 4.85. The van der Waals surface area contributed by atoms with Crippen LogP contribution in [0.5, 0.6) is 0 Å². The van der Waals surface area contributed by atoms with E-state index >= 15 is 0 Å². The smallest absolute Gasteiger partial charge is 0.0134 e. The molecule has 0 saturated heterocycles. The van der Waals surface area contributed by atoms with E-state index in [1.54, 1.807) is 5.57 Å². The Morgan fingerprint density at radius 1 is 0.840 bits per heavy atom. The quantitative estimate of drug-likeness (QED) is 0.311. The van der Waals surface area contributed by atoms with Crippen LogP contribution in [0.3, 0.4) is 0 Å². The minimum absolute atomic E-state index is 0.558. The Hall–Kier alpha value is -1.30. The lowest BCUT2D eigenvalue weighted by Crippen LogP contribution is -2.00. The molecular formula is C25H42. The van der Waals surface area contributed by atoms with E-state index < -0.39 is 0 Å². The highest BCUT2D eigenvalue weighted by Crippen LogP contribution is 2.24. The standard InChI is InChI=1S/C25H42/c1-9-22(6)16-18-25(24(8)15-11-13-21(4)5)19-17-23(7)14-10-12-20(2)3/h9,12-13,17-18,22,24H,1,10-11,14-16,19H2,2-8H3/b23-17-,25-18+. The molecule has 0 N–H and O–H groups in total. The first-order chi connectivity index (χ1) is 11.8. The molecule has 0 amide bonds. The molecule has 0 aromatic carbocycles. The maximum atomic E-state index is 3.92. The average molecular weight is 343 g/mol. The van der Waals surface area contributed by atoms with Crippen LogP contribution >= 0.6 is 0 Å². The van der Waals surface area contributed by atoms with Crippen LogP contribution in [-0.2, 0) is 0 Å². The summed E-state index contributed by atoms with van der Waals surface area (Å²) in [5.74, 6) is 1.21. The Kier molecular flexibility index (Phi) is 13.2. The molecule has 0 aromatic heterocycles. The van der Waals surface area contributed by atoms with Gasteiger partial charge >= 0.3 is 0 Å². The summed E-state index contributed by atoms with van der Waals surface area (Å²) in [5.41, 5.74) is 5.95. The number of allylic oxidation sites excluding steroid dienone is 9. The van der Waals surface area contributed by atoms with E-state index in [1.807, 2.05) is 0 Å². The van der Waals surface area contributed by atoms with Crippen LogP contribution in [0, 0.1) is 11.8 Å². The zero-order valence-electron chi connectivity index (χ0n) is 18.0. The second kappa shape index (κ2) is 13.9. The van der Waals surface area contributed by atoms with Crippen LogP contribution < -0.4 is 0 Å². The molecule has 0 aliphatic rings. The third kappa shape index (κ3) is 13.6. The third-order valence-electron chi connectivity index (χ3n) is 4.72. The van der Waals surface area contributed by atoms with Crippen LogP contribution in [0.15, 0.2) is 59.3 Å². The third-order valence-corrected chi connectivity index (χ3v) is 4.72. The second-order valence-corrected chi connectivity index (χ2v) is 8.06. The number of hydrogen-bond acceptors (Lipinski definition) is 0. The van der Waals surface area contributed by atoms with Gasteiger partial charge in [-0.1, -0.05) is 66.5 Å². The van der Waals surface area contributed by atoms with Crippen molar-refractivity contribution >= 4 is 0 Å². The summed E-state index contributed by atoms with van der Waals surface area (Å²) < 4.78 is 0. The molecule has 0 heterocycles. The summed E-state index contributed by atoms with van der Waals surface area (Å²) in [6.07, 6.45) is 18.6. The molecule has 142 valence electrons. The van der Waals surface area contributed by atoms with E-state index in [4.69, 9.17) is 0 Å². The zero-order valence-corrected chi connectivity index (χ0v) is 18.0. The van der Waals surface area contributed by atoms with Gasteiger partial charge in [-0.05, 0) is 85.0 Å². The first-order valence-corrected chi connectivity index (χ1v) is 10.00. The summed E-state index contributed by atoms with van der Waals surface area (Å²) >= 11 is 0. The molecule has 25 heavy (non-hydrogen) atoms. The molecule has 0 aromatic rings. The van der Waals surface area contributed by atoms with Crippen molar-refractivity contribution in [2.75, 3.05) is 0 Å². The normalized spacial score (nSPS) is 14.7. The fourth-order valence-electron chi connectivity index (χ4n) is 2.71. The van der Waals surface area contributed by atoms with Gasteiger partial charge in [0.15, 0.2) is 0 Å². The van der Waals surface area contributed by atoms with Crippen molar-refractivity contribution in [2.45, 2.75) is 87.0 Å². The molecule has 0 nitrogen and oxygen atoms in total. The van der Waals surface area contributed by atoms with Crippen LogP contribution in [0.2, 0.25) is 0 Å². The van der Waals surface area contributed by atoms with Gasteiger partial charge in [0.1, 0.15) is 0 Å². The second-order valence-electron chi connectivity index (χ2n) is 8.06. The van der Waals surface area contributed by atoms with Gasteiger partial charge in [-0.25, -0.2) is 0 Å². The van der Waals surface area contributed by atoms with Crippen molar-refractivity contribution < 1.29 is 0 Å². The van der Waals surface area contributed by atoms with E-state index in [-0.39, 0.29) is 0 Å². The molecule has 0 aliphatic heterocycles. The molecule has 0 fully saturated rings. The van der Waals surface area contributed by atoms with Gasteiger partial charge in [0, 0.05) is 0 Å². The van der Waals surface area contributed by atoms with Crippen molar-refractivity contribution in [3.63, 3.8) is 0 Å². The summed E-state index contributed by atoms with van der Waals surface area (Å²) in [6.45, 7) is 19.5. The lowest BCUT2D eigenvalue weighted by atomic mass is 9.90. The minimum Gasteiger partial charge on any atom is -0.103 e. The Morgan fingerprint density at radius 3 is 2.00 bits per heavy atom. The monoisotopic (exact) mass is 342 g/mol.